The van der Waals surface area contributed by atoms with Crippen molar-refractivity contribution in [3.63, 3.8) is 0 Å². The average Bonchev–Trinajstić information content (AvgIpc) is 3.28. The predicted octanol–water partition coefficient (Wildman–Crippen LogP) is 3.13. The topological polar surface area (TPSA) is 69.0 Å². The molecule has 23 heavy (non-hydrogen) atoms. The normalized spacial score (nSPS) is 17.7. The average molecular weight is 328 g/mol. The standard InChI is InChI=1S/C16H16N4O2S/c1-20-7-6-10-4-5-11(9-12(10)20)14(21)17-16-19-18-15(23-16)13-3-2-8-22-13/h4-7,9,13H,2-3,8H2,1H3,(H,17,19,21). The molecule has 1 amide bonds. The van der Waals surface area contributed by atoms with Crippen LogP contribution >= 0.6 is 11.3 Å². The van der Waals surface area contributed by atoms with E-state index >= 15 is 0 Å². The molecule has 1 aliphatic heterocycles. The van der Waals surface area contributed by atoms with Crippen LogP contribution in [-0.2, 0) is 11.8 Å². The smallest absolute Gasteiger partial charge is 0.257 e. The summed E-state index contributed by atoms with van der Waals surface area (Å²) in [5.41, 5.74) is 1.63. The van der Waals surface area contributed by atoms with E-state index in [9.17, 15) is 4.79 Å². The lowest BCUT2D eigenvalue weighted by atomic mass is 10.1. The molecule has 1 unspecified atom stereocenters. The SMILES string of the molecule is Cn1ccc2ccc(C(=O)Nc3nnc(C4CCCO4)s3)cc21. The molecule has 4 rings (SSSR count). The molecule has 0 aliphatic carbocycles. The molecular weight excluding hydrogens is 312 g/mol. The Kier molecular flexibility index (Phi) is 3.59. The van der Waals surface area contributed by atoms with Gasteiger partial charge in [-0.3, -0.25) is 10.1 Å². The molecular formula is C16H16N4O2S. The van der Waals surface area contributed by atoms with Gasteiger partial charge in [0.25, 0.3) is 5.91 Å². The summed E-state index contributed by atoms with van der Waals surface area (Å²) in [6, 6.07) is 7.67. The molecule has 1 aromatic carbocycles. The van der Waals surface area contributed by atoms with Crippen LogP contribution < -0.4 is 5.32 Å². The van der Waals surface area contributed by atoms with Crippen LogP contribution in [0.4, 0.5) is 5.13 Å². The van der Waals surface area contributed by atoms with E-state index < -0.39 is 0 Å². The molecule has 0 bridgehead atoms. The van der Waals surface area contributed by atoms with Crippen molar-refractivity contribution >= 4 is 33.3 Å². The van der Waals surface area contributed by atoms with Crippen molar-refractivity contribution in [1.29, 1.82) is 0 Å². The summed E-state index contributed by atoms with van der Waals surface area (Å²) >= 11 is 1.38. The van der Waals surface area contributed by atoms with E-state index in [-0.39, 0.29) is 12.0 Å². The minimum Gasteiger partial charge on any atom is -0.371 e. The number of benzene rings is 1. The van der Waals surface area contributed by atoms with E-state index in [0.717, 1.165) is 35.4 Å². The number of ether oxygens (including phenoxy) is 1. The van der Waals surface area contributed by atoms with Gasteiger partial charge in [0.05, 0.1) is 0 Å². The van der Waals surface area contributed by atoms with Crippen LogP contribution in [0.15, 0.2) is 30.5 Å². The van der Waals surface area contributed by atoms with Crippen LogP contribution in [0.25, 0.3) is 10.9 Å². The fraction of sp³-hybridized carbons (Fsp3) is 0.312. The van der Waals surface area contributed by atoms with Crippen LogP contribution in [0.2, 0.25) is 0 Å². The van der Waals surface area contributed by atoms with Crippen LogP contribution in [-0.4, -0.2) is 27.3 Å². The largest absolute Gasteiger partial charge is 0.371 e. The Morgan fingerprint density at radius 2 is 2.30 bits per heavy atom. The summed E-state index contributed by atoms with van der Waals surface area (Å²) in [4.78, 5) is 12.4. The molecule has 0 saturated carbocycles. The fourth-order valence-corrected chi connectivity index (χ4v) is 3.58. The zero-order valence-electron chi connectivity index (χ0n) is 12.7. The molecule has 3 aromatic rings. The highest BCUT2D eigenvalue weighted by Crippen LogP contribution is 2.32. The highest BCUT2D eigenvalue weighted by molar-refractivity contribution is 7.15. The number of aryl methyl sites for hydroxylation is 1. The zero-order valence-corrected chi connectivity index (χ0v) is 13.5. The first-order valence-corrected chi connectivity index (χ1v) is 8.34. The predicted molar refractivity (Wildman–Crippen MR) is 88.7 cm³/mol. The van der Waals surface area contributed by atoms with E-state index in [1.165, 1.54) is 11.3 Å². The molecule has 1 atom stereocenters. The summed E-state index contributed by atoms with van der Waals surface area (Å²) in [6.07, 6.45) is 4.01. The van der Waals surface area contributed by atoms with E-state index in [0.29, 0.717) is 10.7 Å². The van der Waals surface area contributed by atoms with Crippen LogP contribution in [0.1, 0.15) is 34.3 Å². The lowest BCUT2D eigenvalue weighted by Gasteiger charge is -2.03. The summed E-state index contributed by atoms with van der Waals surface area (Å²) in [6.45, 7) is 0.766. The van der Waals surface area contributed by atoms with Crippen LogP contribution in [0.3, 0.4) is 0 Å². The number of nitrogens with zero attached hydrogens (tertiary/aromatic N) is 3. The van der Waals surface area contributed by atoms with Crippen molar-refractivity contribution in [2.75, 3.05) is 11.9 Å². The van der Waals surface area contributed by atoms with E-state index in [1.807, 2.05) is 42.1 Å². The Labute approximate surface area is 137 Å². The first kappa shape index (κ1) is 14.3. The third-order valence-electron chi connectivity index (χ3n) is 4.02. The minimum absolute atomic E-state index is 0.0258. The number of hydrogen-bond donors (Lipinski definition) is 1. The van der Waals surface area contributed by atoms with E-state index in [2.05, 4.69) is 15.5 Å². The maximum Gasteiger partial charge on any atom is 0.257 e. The van der Waals surface area contributed by atoms with Gasteiger partial charge >= 0.3 is 0 Å². The third-order valence-corrected chi connectivity index (χ3v) is 4.95. The summed E-state index contributed by atoms with van der Waals surface area (Å²) in [5, 5.41) is 13.4. The molecule has 0 radical (unpaired) electrons. The van der Waals surface area contributed by atoms with E-state index in [4.69, 9.17) is 4.74 Å². The molecule has 6 nitrogen and oxygen atoms in total. The van der Waals surface area contributed by atoms with Crippen molar-refractivity contribution in [2.24, 2.45) is 7.05 Å². The maximum absolute atomic E-state index is 12.4. The van der Waals surface area contributed by atoms with Crippen molar-refractivity contribution in [1.82, 2.24) is 14.8 Å². The van der Waals surface area contributed by atoms with Crippen LogP contribution in [0, 0.1) is 0 Å². The maximum atomic E-state index is 12.4. The Hall–Kier alpha value is -2.25. The Morgan fingerprint density at radius 3 is 3.13 bits per heavy atom. The third kappa shape index (κ3) is 2.73. The second kappa shape index (κ2) is 5.75. The molecule has 0 spiro atoms. The molecule has 7 heteroatoms. The van der Waals surface area contributed by atoms with Gasteiger partial charge in [0.1, 0.15) is 11.1 Å². The van der Waals surface area contributed by atoms with Gasteiger partial charge in [-0.2, -0.15) is 0 Å². The lowest BCUT2D eigenvalue weighted by molar-refractivity contribution is 0.102. The second-order valence-corrected chi connectivity index (χ2v) is 6.61. The van der Waals surface area contributed by atoms with Crippen molar-refractivity contribution < 1.29 is 9.53 Å². The quantitative estimate of drug-likeness (QED) is 0.802. The monoisotopic (exact) mass is 328 g/mol. The van der Waals surface area contributed by atoms with E-state index in [1.54, 1.807) is 0 Å². The Bertz CT molecular complexity index is 864. The molecule has 1 saturated heterocycles. The Morgan fingerprint density at radius 1 is 1.39 bits per heavy atom. The minimum atomic E-state index is -0.178. The van der Waals surface area contributed by atoms with Gasteiger partial charge < -0.3 is 9.30 Å². The molecule has 2 aromatic heterocycles. The number of carbonyl (C=O) groups excluding carboxylic acids is 1. The van der Waals surface area contributed by atoms with Crippen molar-refractivity contribution in [2.45, 2.75) is 18.9 Å². The van der Waals surface area contributed by atoms with Gasteiger partial charge in [-0.15, -0.1) is 10.2 Å². The number of hydrogen-bond acceptors (Lipinski definition) is 5. The number of amides is 1. The highest BCUT2D eigenvalue weighted by atomic mass is 32.1. The number of anilines is 1. The first-order chi connectivity index (χ1) is 11.2. The summed E-state index contributed by atoms with van der Waals surface area (Å²) < 4.78 is 7.58. The first-order valence-electron chi connectivity index (χ1n) is 7.52. The van der Waals surface area contributed by atoms with Crippen LogP contribution in [0.5, 0.6) is 0 Å². The summed E-state index contributed by atoms with van der Waals surface area (Å²) in [7, 11) is 1.96. The number of rotatable bonds is 3. The molecule has 118 valence electrons. The second-order valence-electron chi connectivity index (χ2n) is 5.60. The number of nitrogens with one attached hydrogen (secondary N) is 1. The molecule has 3 heterocycles. The van der Waals surface area contributed by atoms with Gasteiger partial charge in [-0.25, -0.2) is 0 Å². The van der Waals surface area contributed by atoms with Gasteiger partial charge in [-0.05, 0) is 36.4 Å². The Balaban J connectivity index is 1.53. The lowest BCUT2D eigenvalue weighted by Crippen LogP contribution is -2.11. The zero-order chi connectivity index (χ0) is 15.8. The van der Waals surface area contributed by atoms with Gasteiger partial charge in [-0.1, -0.05) is 17.4 Å². The summed E-state index contributed by atoms with van der Waals surface area (Å²) in [5.74, 6) is -0.178. The molecule has 1 aliphatic rings. The van der Waals surface area contributed by atoms with Gasteiger partial charge in [0, 0.05) is 30.9 Å². The van der Waals surface area contributed by atoms with Gasteiger partial charge in [0.2, 0.25) is 5.13 Å². The number of fused-ring (bicyclic) bond motifs is 1. The molecule has 1 N–H and O–H groups in total. The highest BCUT2D eigenvalue weighted by Gasteiger charge is 2.22. The fourth-order valence-electron chi connectivity index (χ4n) is 2.76. The van der Waals surface area contributed by atoms with Crippen molar-refractivity contribution in [3.05, 3.63) is 41.0 Å². The number of aromatic nitrogens is 3. The van der Waals surface area contributed by atoms with Crippen molar-refractivity contribution in [3.8, 4) is 0 Å². The molecule has 1 fully saturated rings. The number of carbonyl (C=O) groups is 1. The van der Waals surface area contributed by atoms with Gasteiger partial charge in [0.15, 0.2) is 0 Å².